The molecule has 0 bridgehead atoms. The smallest absolute Gasteiger partial charge is 0.0459 e. The average molecular weight is 258 g/mol. The van der Waals surface area contributed by atoms with Crippen molar-refractivity contribution in [3.63, 3.8) is 0 Å². The Morgan fingerprint density at radius 1 is 1.21 bits per heavy atom. The predicted molar refractivity (Wildman–Crippen MR) is 79.0 cm³/mol. The van der Waals surface area contributed by atoms with E-state index in [0.717, 1.165) is 32.7 Å². The summed E-state index contributed by atoms with van der Waals surface area (Å²) in [6.45, 7) is 6.23. The minimum Gasteiger partial charge on any atom is -0.357 e. The van der Waals surface area contributed by atoms with Gasteiger partial charge in [-0.25, -0.2) is 0 Å². The van der Waals surface area contributed by atoms with Crippen molar-refractivity contribution in [3.8, 4) is 0 Å². The Bertz CT molecular complexity index is 552. The first-order chi connectivity index (χ1) is 9.26. The molecule has 0 atom stereocenters. The summed E-state index contributed by atoms with van der Waals surface area (Å²) in [6.07, 6.45) is 0. The highest BCUT2D eigenvalue weighted by Crippen LogP contribution is 2.20. The fourth-order valence-electron chi connectivity index (χ4n) is 2.79. The van der Waals surface area contributed by atoms with Gasteiger partial charge in [0.25, 0.3) is 0 Å². The van der Waals surface area contributed by atoms with Gasteiger partial charge in [-0.15, -0.1) is 0 Å². The van der Waals surface area contributed by atoms with Crippen LogP contribution in [0.15, 0.2) is 24.3 Å². The molecule has 0 amide bonds. The Morgan fingerprint density at radius 3 is 2.74 bits per heavy atom. The van der Waals surface area contributed by atoms with E-state index in [0.29, 0.717) is 6.54 Å². The van der Waals surface area contributed by atoms with E-state index in [1.54, 1.807) is 0 Å². The minimum absolute atomic E-state index is 0.600. The van der Waals surface area contributed by atoms with E-state index in [1.807, 2.05) is 0 Å². The summed E-state index contributed by atoms with van der Waals surface area (Å²) in [5.41, 5.74) is 9.51. The lowest BCUT2D eigenvalue weighted by Gasteiger charge is -2.31. The van der Waals surface area contributed by atoms with Crippen LogP contribution in [-0.4, -0.2) is 48.0 Å². The van der Waals surface area contributed by atoms with Crippen LogP contribution in [0.2, 0.25) is 0 Å². The van der Waals surface area contributed by atoms with Crippen molar-refractivity contribution in [2.75, 3.05) is 33.2 Å². The lowest BCUT2D eigenvalue weighted by atomic mass is 10.1. The number of nitrogens with two attached hydrogens (primary N) is 1. The molecule has 0 aliphatic carbocycles. The Labute approximate surface area is 114 Å². The third kappa shape index (κ3) is 2.66. The third-order valence-corrected chi connectivity index (χ3v) is 4.02. The standard InChI is InChI=1S/C15H22N4/c1-18-5-7-19(8-6-18)11-13-9-14-12(10-16)3-2-4-15(14)17-13/h2-4,9,17H,5-8,10-11,16H2,1H3. The first kappa shape index (κ1) is 12.7. The van der Waals surface area contributed by atoms with E-state index in [-0.39, 0.29) is 0 Å². The predicted octanol–water partition coefficient (Wildman–Crippen LogP) is 1.37. The Kier molecular flexibility index (Phi) is 3.55. The quantitative estimate of drug-likeness (QED) is 0.874. The van der Waals surface area contributed by atoms with Crippen molar-refractivity contribution in [1.29, 1.82) is 0 Å². The molecule has 4 heteroatoms. The van der Waals surface area contributed by atoms with Gasteiger partial charge in [-0.2, -0.15) is 0 Å². The molecule has 3 N–H and O–H groups in total. The fourth-order valence-corrected chi connectivity index (χ4v) is 2.79. The van der Waals surface area contributed by atoms with Crippen LogP contribution >= 0.6 is 0 Å². The van der Waals surface area contributed by atoms with Gasteiger partial charge in [-0.3, -0.25) is 4.90 Å². The molecule has 2 aromatic rings. The zero-order valence-electron chi connectivity index (χ0n) is 11.5. The molecule has 1 saturated heterocycles. The number of aromatic nitrogens is 1. The number of hydrogen-bond acceptors (Lipinski definition) is 3. The van der Waals surface area contributed by atoms with E-state index in [2.05, 4.69) is 46.1 Å². The van der Waals surface area contributed by atoms with Crippen molar-refractivity contribution >= 4 is 10.9 Å². The molecule has 3 rings (SSSR count). The van der Waals surface area contributed by atoms with Crippen LogP contribution in [-0.2, 0) is 13.1 Å². The van der Waals surface area contributed by atoms with Crippen LogP contribution in [0.5, 0.6) is 0 Å². The van der Waals surface area contributed by atoms with E-state index >= 15 is 0 Å². The second kappa shape index (κ2) is 5.33. The van der Waals surface area contributed by atoms with Gasteiger partial charge < -0.3 is 15.6 Å². The number of likely N-dealkylation sites (N-methyl/N-ethyl adjacent to an activating group) is 1. The number of nitrogens with one attached hydrogen (secondary N) is 1. The minimum atomic E-state index is 0.600. The number of fused-ring (bicyclic) bond motifs is 1. The SMILES string of the molecule is CN1CCN(Cc2cc3c(CN)cccc3[nH]2)CC1. The van der Waals surface area contributed by atoms with Gasteiger partial charge >= 0.3 is 0 Å². The van der Waals surface area contributed by atoms with Crippen LogP contribution in [0.1, 0.15) is 11.3 Å². The maximum Gasteiger partial charge on any atom is 0.0459 e. The lowest BCUT2D eigenvalue weighted by molar-refractivity contribution is 0.147. The van der Waals surface area contributed by atoms with Crippen LogP contribution < -0.4 is 5.73 Å². The molecular formula is C15H22N4. The summed E-state index contributed by atoms with van der Waals surface area (Å²) in [6, 6.07) is 8.56. The molecule has 1 aliphatic heterocycles. The molecule has 0 unspecified atom stereocenters. The highest BCUT2D eigenvalue weighted by atomic mass is 15.2. The second-order valence-corrected chi connectivity index (χ2v) is 5.46. The summed E-state index contributed by atoms with van der Waals surface area (Å²) in [5, 5.41) is 1.27. The van der Waals surface area contributed by atoms with Crippen molar-refractivity contribution in [1.82, 2.24) is 14.8 Å². The summed E-state index contributed by atoms with van der Waals surface area (Å²) in [5.74, 6) is 0. The number of rotatable bonds is 3. The van der Waals surface area contributed by atoms with Crippen LogP contribution in [0, 0.1) is 0 Å². The largest absolute Gasteiger partial charge is 0.357 e. The molecule has 1 aromatic heterocycles. The first-order valence-electron chi connectivity index (χ1n) is 6.97. The summed E-state index contributed by atoms with van der Waals surface area (Å²) in [4.78, 5) is 8.41. The van der Waals surface area contributed by atoms with E-state index in [1.165, 1.54) is 22.2 Å². The van der Waals surface area contributed by atoms with Gasteiger partial charge in [0.05, 0.1) is 0 Å². The monoisotopic (exact) mass is 258 g/mol. The third-order valence-electron chi connectivity index (χ3n) is 4.02. The molecule has 2 heterocycles. The average Bonchev–Trinajstić information content (AvgIpc) is 2.83. The zero-order chi connectivity index (χ0) is 13.2. The van der Waals surface area contributed by atoms with Crippen molar-refractivity contribution in [3.05, 3.63) is 35.5 Å². The fraction of sp³-hybridized carbons (Fsp3) is 0.467. The number of aromatic amines is 1. The van der Waals surface area contributed by atoms with E-state index in [4.69, 9.17) is 5.73 Å². The Morgan fingerprint density at radius 2 is 2.00 bits per heavy atom. The Hall–Kier alpha value is -1.36. The number of piperazine rings is 1. The zero-order valence-corrected chi connectivity index (χ0v) is 11.5. The molecular weight excluding hydrogens is 236 g/mol. The number of nitrogens with zero attached hydrogens (tertiary/aromatic N) is 2. The molecule has 102 valence electrons. The molecule has 0 radical (unpaired) electrons. The first-order valence-corrected chi connectivity index (χ1v) is 6.97. The molecule has 0 spiro atoms. The maximum atomic E-state index is 5.79. The van der Waals surface area contributed by atoms with Gasteiger partial charge in [0.1, 0.15) is 0 Å². The van der Waals surface area contributed by atoms with Crippen molar-refractivity contribution in [2.45, 2.75) is 13.1 Å². The summed E-state index contributed by atoms with van der Waals surface area (Å²) < 4.78 is 0. The molecule has 1 aromatic carbocycles. The second-order valence-electron chi connectivity index (χ2n) is 5.46. The summed E-state index contributed by atoms with van der Waals surface area (Å²) >= 11 is 0. The molecule has 1 aliphatic rings. The van der Waals surface area contributed by atoms with E-state index < -0.39 is 0 Å². The molecule has 19 heavy (non-hydrogen) atoms. The number of benzene rings is 1. The van der Waals surface area contributed by atoms with Gasteiger partial charge in [0, 0.05) is 55.9 Å². The van der Waals surface area contributed by atoms with Crippen LogP contribution in [0.4, 0.5) is 0 Å². The van der Waals surface area contributed by atoms with Gasteiger partial charge in [0.15, 0.2) is 0 Å². The van der Waals surface area contributed by atoms with Crippen LogP contribution in [0.3, 0.4) is 0 Å². The summed E-state index contributed by atoms with van der Waals surface area (Å²) in [7, 11) is 2.19. The van der Waals surface area contributed by atoms with Gasteiger partial charge in [-0.1, -0.05) is 12.1 Å². The molecule has 4 nitrogen and oxygen atoms in total. The van der Waals surface area contributed by atoms with Crippen molar-refractivity contribution < 1.29 is 0 Å². The lowest BCUT2D eigenvalue weighted by Crippen LogP contribution is -2.43. The van der Waals surface area contributed by atoms with Crippen molar-refractivity contribution in [2.24, 2.45) is 5.73 Å². The molecule has 0 saturated carbocycles. The molecule has 1 fully saturated rings. The normalized spacial score (nSPS) is 18.2. The maximum absolute atomic E-state index is 5.79. The van der Waals surface area contributed by atoms with Gasteiger partial charge in [0.2, 0.25) is 0 Å². The highest BCUT2D eigenvalue weighted by molar-refractivity contribution is 5.83. The van der Waals surface area contributed by atoms with E-state index in [9.17, 15) is 0 Å². The van der Waals surface area contributed by atoms with Gasteiger partial charge in [-0.05, 0) is 24.7 Å². The number of hydrogen-bond donors (Lipinski definition) is 2. The highest BCUT2D eigenvalue weighted by Gasteiger charge is 2.15. The van der Waals surface area contributed by atoms with Crippen LogP contribution in [0.25, 0.3) is 10.9 Å². The number of H-pyrrole nitrogens is 1. The topological polar surface area (TPSA) is 48.3 Å². The Balaban J connectivity index is 1.78.